The van der Waals surface area contributed by atoms with Gasteiger partial charge in [-0.15, -0.1) is 0 Å². The van der Waals surface area contributed by atoms with Crippen molar-refractivity contribution in [2.45, 2.75) is 20.8 Å². The molecule has 1 aliphatic rings. The van der Waals surface area contributed by atoms with Crippen LogP contribution in [0.25, 0.3) is 11.8 Å². The number of halogens is 2. The maximum atomic E-state index is 12.5. The Hall–Kier alpha value is -1.84. The topological polar surface area (TPSA) is 46.4 Å². The second-order valence-electron chi connectivity index (χ2n) is 7.05. The number of nitrogens with one attached hydrogen (secondary N) is 1. The first-order valence-electron chi connectivity index (χ1n) is 9.32. The first kappa shape index (κ1) is 21.4. The molecule has 4 rings (SSSR count). The van der Waals surface area contributed by atoms with Gasteiger partial charge in [-0.1, -0.05) is 15.9 Å². The third-order valence-electron chi connectivity index (χ3n) is 4.86. The first-order chi connectivity index (χ1) is 14.3. The monoisotopic (exact) mass is 591 g/mol. The minimum atomic E-state index is -0.120. The molecule has 4 nitrogen and oxygen atoms in total. The van der Waals surface area contributed by atoms with Gasteiger partial charge in [0.2, 0.25) is 0 Å². The molecule has 0 bridgehead atoms. The molecule has 1 fully saturated rings. The zero-order valence-corrected chi connectivity index (χ0v) is 21.2. The normalized spacial score (nSPS) is 16.5. The number of hydrogen-bond acceptors (Lipinski definition) is 3. The molecule has 1 aromatic heterocycles. The van der Waals surface area contributed by atoms with E-state index in [1.54, 1.807) is 0 Å². The van der Waals surface area contributed by atoms with E-state index in [0.717, 1.165) is 32.8 Å². The number of aromatic nitrogens is 1. The van der Waals surface area contributed by atoms with Crippen molar-refractivity contribution in [3.8, 4) is 5.69 Å². The van der Waals surface area contributed by atoms with Crippen LogP contribution in [-0.2, 0) is 4.79 Å². The van der Waals surface area contributed by atoms with E-state index < -0.39 is 0 Å². The molecule has 2 aromatic carbocycles. The molecule has 0 spiro atoms. The van der Waals surface area contributed by atoms with Gasteiger partial charge in [-0.05, 0) is 121 Å². The molecular weight excluding hydrogens is 573 g/mol. The number of hydrogen-bond donors (Lipinski definition) is 1. The fourth-order valence-corrected chi connectivity index (χ4v) is 4.79. The lowest BCUT2D eigenvalue weighted by Crippen LogP contribution is -2.19. The number of aryl methyl sites for hydroxylation is 2. The van der Waals surface area contributed by atoms with Crippen molar-refractivity contribution in [1.82, 2.24) is 9.88 Å². The Kier molecular flexibility index (Phi) is 6.22. The first-order valence-corrected chi connectivity index (χ1v) is 12.0. The fraction of sp³-hybridized carbons (Fsp3) is 0.130. The zero-order valence-electron chi connectivity index (χ0n) is 16.7. The Labute approximate surface area is 202 Å². The van der Waals surface area contributed by atoms with Crippen LogP contribution in [0.3, 0.4) is 0 Å². The van der Waals surface area contributed by atoms with Crippen molar-refractivity contribution < 1.29 is 4.79 Å². The summed E-state index contributed by atoms with van der Waals surface area (Å²) in [6, 6.07) is 16.2. The molecule has 0 unspecified atom stereocenters. The number of carbonyl (C=O) groups is 1. The van der Waals surface area contributed by atoms with Gasteiger partial charge in [0.25, 0.3) is 5.91 Å². The molecule has 1 aliphatic heterocycles. The van der Waals surface area contributed by atoms with Gasteiger partial charge < -0.3 is 9.88 Å². The molecule has 1 amide bonds. The third kappa shape index (κ3) is 4.43. The van der Waals surface area contributed by atoms with E-state index in [0.29, 0.717) is 10.1 Å². The van der Waals surface area contributed by atoms with Crippen LogP contribution < -0.4 is 5.32 Å². The number of carbonyl (C=O) groups excluding carboxylic acids is 1. The van der Waals surface area contributed by atoms with E-state index in [1.165, 1.54) is 20.9 Å². The van der Waals surface area contributed by atoms with Gasteiger partial charge in [0.15, 0.2) is 5.17 Å². The minimum absolute atomic E-state index is 0.120. The zero-order chi connectivity index (χ0) is 21.4. The van der Waals surface area contributed by atoms with Crippen molar-refractivity contribution in [2.75, 3.05) is 0 Å². The number of nitrogens with zero attached hydrogens (tertiary/aromatic N) is 2. The average Bonchev–Trinajstić information content (AvgIpc) is 3.18. The minimum Gasteiger partial charge on any atom is -0.318 e. The highest BCUT2D eigenvalue weighted by Gasteiger charge is 2.24. The van der Waals surface area contributed by atoms with Gasteiger partial charge >= 0.3 is 0 Å². The Bertz CT molecular complexity index is 1210. The molecule has 152 valence electrons. The number of thioether (sulfide) groups is 1. The standard InChI is InChI=1S/C23H19BrIN3OS/c1-13-10-19(8-9-20(13)25)28-14(2)11-16(15(28)3)12-21-22(29)27-23(30-21)26-18-6-4-17(24)5-7-18/h4-12H,1-3H3,(H,26,27,29)/b21-12-. The Morgan fingerprint density at radius 3 is 2.53 bits per heavy atom. The summed E-state index contributed by atoms with van der Waals surface area (Å²) in [6.45, 7) is 6.29. The molecule has 0 aliphatic carbocycles. The smallest absolute Gasteiger partial charge is 0.264 e. The molecule has 3 aromatic rings. The lowest BCUT2D eigenvalue weighted by atomic mass is 10.2. The largest absolute Gasteiger partial charge is 0.318 e. The van der Waals surface area contributed by atoms with Crippen LogP contribution in [0.15, 0.2) is 62.9 Å². The van der Waals surface area contributed by atoms with Gasteiger partial charge in [-0.25, -0.2) is 4.99 Å². The lowest BCUT2D eigenvalue weighted by Gasteiger charge is -2.11. The average molecular weight is 592 g/mol. The summed E-state index contributed by atoms with van der Waals surface area (Å²) in [5.74, 6) is -0.120. The van der Waals surface area contributed by atoms with E-state index in [9.17, 15) is 4.79 Å². The Balaban J connectivity index is 1.64. The van der Waals surface area contributed by atoms with Crippen LogP contribution in [0.1, 0.15) is 22.5 Å². The summed E-state index contributed by atoms with van der Waals surface area (Å²) in [5, 5.41) is 3.45. The number of rotatable bonds is 3. The summed E-state index contributed by atoms with van der Waals surface area (Å²) in [7, 11) is 0. The number of benzene rings is 2. The number of amides is 1. The molecule has 0 radical (unpaired) electrons. The van der Waals surface area contributed by atoms with Gasteiger partial charge in [0.05, 0.1) is 10.6 Å². The second-order valence-corrected chi connectivity index (χ2v) is 10.2. The summed E-state index contributed by atoms with van der Waals surface area (Å²) >= 11 is 7.13. The summed E-state index contributed by atoms with van der Waals surface area (Å²) in [6.07, 6.45) is 1.95. The van der Waals surface area contributed by atoms with Crippen LogP contribution in [0.5, 0.6) is 0 Å². The van der Waals surface area contributed by atoms with E-state index in [4.69, 9.17) is 0 Å². The number of aliphatic imine (C=N–C) groups is 1. The van der Waals surface area contributed by atoms with Gasteiger partial charge in [0.1, 0.15) is 0 Å². The highest BCUT2D eigenvalue weighted by atomic mass is 127. The van der Waals surface area contributed by atoms with Gasteiger partial charge in [0, 0.05) is 25.1 Å². The molecule has 30 heavy (non-hydrogen) atoms. The van der Waals surface area contributed by atoms with Crippen LogP contribution in [0.2, 0.25) is 0 Å². The molecule has 0 saturated carbocycles. The molecule has 7 heteroatoms. The summed E-state index contributed by atoms with van der Waals surface area (Å²) < 4.78 is 4.47. The SMILES string of the molecule is Cc1cc(-n2c(C)cc(/C=C3\SC(=Nc4ccc(Br)cc4)NC3=O)c2C)ccc1I. The predicted molar refractivity (Wildman–Crippen MR) is 138 cm³/mol. The molecular formula is C23H19BrIN3OS. The Morgan fingerprint density at radius 2 is 1.83 bits per heavy atom. The second kappa shape index (κ2) is 8.72. The van der Waals surface area contributed by atoms with E-state index in [-0.39, 0.29) is 5.91 Å². The van der Waals surface area contributed by atoms with Crippen LogP contribution in [-0.4, -0.2) is 15.6 Å². The Morgan fingerprint density at radius 1 is 1.10 bits per heavy atom. The van der Waals surface area contributed by atoms with Crippen molar-refractivity contribution in [3.05, 3.63) is 84.0 Å². The number of amidine groups is 1. The summed E-state index contributed by atoms with van der Waals surface area (Å²) in [4.78, 5) is 17.7. The van der Waals surface area contributed by atoms with E-state index in [1.807, 2.05) is 30.3 Å². The van der Waals surface area contributed by atoms with Crippen LogP contribution >= 0.6 is 50.3 Å². The maximum Gasteiger partial charge on any atom is 0.264 e. The third-order valence-corrected chi connectivity index (χ3v) is 7.51. The van der Waals surface area contributed by atoms with Crippen molar-refractivity contribution in [2.24, 2.45) is 4.99 Å². The molecule has 1 saturated heterocycles. The predicted octanol–water partition coefficient (Wildman–Crippen LogP) is 6.66. The summed E-state index contributed by atoms with van der Waals surface area (Å²) in [5.41, 5.74) is 6.45. The van der Waals surface area contributed by atoms with Gasteiger partial charge in [-0.2, -0.15) is 0 Å². The quantitative estimate of drug-likeness (QED) is 0.273. The lowest BCUT2D eigenvalue weighted by molar-refractivity contribution is -0.115. The molecule has 1 N–H and O–H groups in total. The van der Waals surface area contributed by atoms with Gasteiger partial charge in [-0.3, -0.25) is 4.79 Å². The van der Waals surface area contributed by atoms with Crippen LogP contribution in [0.4, 0.5) is 5.69 Å². The van der Waals surface area contributed by atoms with Crippen molar-refractivity contribution in [3.63, 3.8) is 0 Å². The fourth-order valence-electron chi connectivity index (χ4n) is 3.35. The van der Waals surface area contributed by atoms with Crippen molar-refractivity contribution in [1.29, 1.82) is 0 Å². The van der Waals surface area contributed by atoms with Crippen molar-refractivity contribution >= 4 is 73.1 Å². The van der Waals surface area contributed by atoms with E-state index >= 15 is 0 Å². The molecule has 0 atom stereocenters. The molecule has 2 heterocycles. The maximum absolute atomic E-state index is 12.5. The van der Waals surface area contributed by atoms with E-state index in [2.05, 4.69) is 98.4 Å². The highest BCUT2D eigenvalue weighted by molar-refractivity contribution is 14.1. The highest BCUT2D eigenvalue weighted by Crippen LogP contribution is 2.31. The van der Waals surface area contributed by atoms with Crippen LogP contribution in [0, 0.1) is 24.3 Å².